The number of rotatable bonds is 6. The summed E-state index contributed by atoms with van der Waals surface area (Å²) in [6.45, 7) is 3.67. The van der Waals surface area contributed by atoms with Crippen LogP contribution < -0.4 is 10.5 Å². The molecule has 114 valence electrons. The molecule has 1 aliphatic heterocycles. The largest absolute Gasteiger partial charge is 0.491 e. The van der Waals surface area contributed by atoms with Crippen molar-refractivity contribution >= 4 is 11.7 Å². The van der Waals surface area contributed by atoms with Crippen LogP contribution in [0.2, 0.25) is 0 Å². The first-order chi connectivity index (χ1) is 9.89. The maximum absolute atomic E-state index is 11.3. The van der Waals surface area contributed by atoms with Gasteiger partial charge in [0.1, 0.15) is 23.7 Å². The zero-order valence-electron chi connectivity index (χ0n) is 12.4. The quantitative estimate of drug-likeness (QED) is 0.864. The first kappa shape index (κ1) is 15.5. The first-order valence-corrected chi connectivity index (χ1v) is 7.08. The minimum atomic E-state index is -0.876. The molecule has 2 unspecified atom stereocenters. The Labute approximate surface area is 124 Å². The Hall–Kier alpha value is -1.88. The van der Waals surface area contributed by atoms with E-state index in [9.17, 15) is 9.59 Å². The van der Waals surface area contributed by atoms with Gasteiger partial charge in [0, 0.05) is 6.42 Å². The maximum atomic E-state index is 11.3. The van der Waals surface area contributed by atoms with E-state index in [1.165, 1.54) is 0 Å². The van der Waals surface area contributed by atoms with Crippen LogP contribution in [0.5, 0.6) is 5.75 Å². The van der Waals surface area contributed by atoms with E-state index in [1.54, 1.807) is 13.8 Å². The Morgan fingerprint density at radius 1 is 1.38 bits per heavy atom. The smallest absolute Gasteiger partial charge is 0.249 e. The van der Waals surface area contributed by atoms with Gasteiger partial charge >= 0.3 is 0 Å². The molecule has 1 aliphatic rings. The zero-order chi connectivity index (χ0) is 15.5. The van der Waals surface area contributed by atoms with Crippen molar-refractivity contribution in [3.63, 3.8) is 0 Å². The van der Waals surface area contributed by atoms with E-state index in [2.05, 4.69) is 0 Å². The SMILES string of the molecule is CC(=O)Cc1ccc(OCC2CCC(C)(C(N)=O)O2)cc1. The van der Waals surface area contributed by atoms with Gasteiger partial charge in [-0.05, 0) is 44.4 Å². The molecule has 1 aromatic rings. The van der Waals surface area contributed by atoms with Crippen molar-refractivity contribution in [1.82, 2.24) is 0 Å². The van der Waals surface area contributed by atoms with Crippen LogP contribution in [-0.4, -0.2) is 30.0 Å². The molecule has 5 nitrogen and oxygen atoms in total. The predicted octanol–water partition coefficient (Wildman–Crippen LogP) is 1.62. The summed E-state index contributed by atoms with van der Waals surface area (Å²) in [5.74, 6) is 0.422. The van der Waals surface area contributed by atoms with Gasteiger partial charge in [-0.2, -0.15) is 0 Å². The third kappa shape index (κ3) is 4.04. The fraction of sp³-hybridized carbons (Fsp3) is 0.500. The predicted molar refractivity (Wildman–Crippen MR) is 78.0 cm³/mol. The molecule has 1 amide bonds. The lowest BCUT2D eigenvalue weighted by Crippen LogP contribution is -2.41. The van der Waals surface area contributed by atoms with Gasteiger partial charge in [-0.1, -0.05) is 12.1 Å². The summed E-state index contributed by atoms with van der Waals surface area (Å²) in [7, 11) is 0. The van der Waals surface area contributed by atoms with Gasteiger partial charge in [0.15, 0.2) is 0 Å². The lowest BCUT2D eigenvalue weighted by Gasteiger charge is -2.21. The van der Waals surface area contributed by atoms with Crippen LogP contribution in [0, 0.1) is 0 Å². The van der Waals surface area contributed by atoms with E-state index in [4.69, 9.17) is 15.2 Å². The van der Waals surface area contributed by atoms with E-state index in [1.807, 2.05) is 24.3 Å². The Balaban J connectivity index is 1.84. The minimum absolute atomic E-state index is 0.126. The summed E-state index contributed by atoms with van der Waals surface area (Å²) in [6.07, 6.45) is 1.68. The van der Waals surface area contributed by atoms with Gasteiger partial charge in [-0.15, -0.1) is 0 Å². The molecule has 0 radical (unpaired) electrons. The molecule has 1 heterocycles. The molecule has 0 aromatic heterocycles. The number of Topliss-reactive ketones (excluding diaryl/α,β-unsaturated/α-hetero) is 1. The zero-order valence-corrected chi connectivity index (χ0v) is 12.4. The molecule has 0 spiro atoms. The fourth-order valence-corrected chi connectivity index (χ4v) is 2.40. The van der Waals surface area contributed by atoms with Gasteiger partial charge in [0.25, 0.3) is 0 Å². The highest BCUT2D eigenvalue weighted by Gasteiger charge is 2.41. The van der Waals surface area contributed by atoms with Gasteiger partial charge in [-0.3, -0.25) is 9.59 Å². The van der Waals surface area contributed by atoms with Crippen LogP contribution in [0.3, 0.4) is 0 Å². The van der Waals surface area contributed by atoms with Gasteiger partial charge in [-0.25, -0.2) is 0 Å². The molecule has 1 saturated heterocycles. The number of hydrogen-bond donors (Lipinski definition) is 1. The lowest BCUT2D eigenvalue weighted by atomic mass is 10.0. The number of amides is 1. The number of carbonyl (C=O) groups is 2. The fourth-order valence-electron chi connectivity index (χ4n) is 2.40. The Kier molecular flexibility index (Phi) is 4.63. The average molecular weight is 291 g/mol. The monoisotopic (exact) mass is 291 g/mol. The van der Waals surface area contributed by atoms with Crippen molar-refractivity contribution in [3.05, 3.63) is 29.8 Å². The number of primary amides is 1. The van der Waals surface area contributed by atoms with Crippen molar-refractivity contribution in [3.8, 4) is 5.75 Å². The van der Waals surface area contributed by atoms with Crippen molar-refractivity contribution < 1.29 is 19.1 Å². The maximum Gasteiger partial charge on any atom is 0.249 e. The number of ether oxygens (including phenoxy) is 2. The van der Waals surface area contributed by atoms with Gasteiger partial charge < -0.3 is 15.2 Å². The topological polar surface area (TPSA) is 78.6 Å². The first-order valence-electron chi connectivity index (χ1n) is 7.08. The number of nitrogens with two attached hydrogens (primary N) is 1. The van der Waals surface area contributed by atoms with Crippen LogP contribution in [0.25, 0.3) is 0 Å². The molecule has 1 fully saturated rings. The molecule has 0 bridgehead atoms. The highest BCUT2D eigenvalue weighted by atomic mass is 16.6. The molecule has 2 rings (SSSR count). The second-order valence-electron chi connectivity index (χ2n) is 5.71. The summed E-state index contributed by atoms with van der Waals surface area (Å²) < 4.78 is 11.3. The van der Waals surface area contributed by atoms with E-state index in [0.717, 1.165) is 17.7 Å². The standard InChI is InChI=1S/C16H21NO4/c1-11(18)9-12-3-5-13(6-4-12)20-10-14-7-8-16(2,21-14)15(17)19/h3-6,14H,7-10H2,1-2H3,(H2,17,19). The molecule has 21 heavy (non-hydrogen) atoms. The molecule has 2 atom stereocenters. The van der Waals surface area contributed by atoms with Crippen LogP contribution in [0.15, 0.2) is 24.3 Å². The highest BCUT2D eigenvalue weighted by molar-refractivity contribution is 5.83. The summed E-state index contributed by atoms with van der Waals surface area (Å²) in [6, 6.07) is 7.42. The van der Waals surface area contributed by atoms with Crippen LogP contribution in [0.1, 0.15) is 32.3 Å². The van der Waals surface area contributed by atoms with Crippen LogP contribution in [0.4, 0.5) is 0 Å². The Morgan fingerprint density at radius 2 is 2.05 bits per heavy atom. The average Bonchev–Trinajstić information content (AvgIpc) is 2.81. The molecule has 0 aliphatic carbocycles. The third-order valence-electron chi connectivity index (χ3n) is 3.70. The van der Waals surface area contributed by atoms with Gasteiger partial charge in [0.05, 0.1) is 6.10 Å². The second kappa shape index (κ2) is 6.26. The molecule has 2 N–H and O–H groups in total. The van der Waals surface area contributed by atoms with Crippen molar-refractivity contribution in [2.24, 2.45) is 5.73 Å². The summed E-state index contributed by atoms with van der Waals surface area (Å²) >= 11 is 0. The molecule has 0 saturated carbocycles. The van der Waals surface area contributed by atoms with E-state index in [0.29, 0.717) is 19.4 Å². The van der Waals surface area contributed by atoms with E-state index < -0.39 is 11.5 Å². The molecular weight excluding hydrogens is 270 g/mol. The molecule has 5 heteroatoms. The van der Waals surface area contributed by atoms with Crippen molar-refractivity contribution in [1.29, 1.82) is 0 Å². The van der Waals surface area contributed by atoms with Gasteiger partial charge in [0.2, 0.25) is 5.91 Å². The number of ketones is 1. The molecule has 1 aromatic carbocycles. The Morgan fingerprint density at radius 3 is 2.57 bits per heavy atom. The second-order valence-corrected chi connectivity index (χ2v) is 5.71. The normalized spacial score (nSPS) is 24.8. The van der Waals surface area contributed by atoms with E-state index >= 15 is 0 Å². The van der Waals surface area contributed by atoms with Crippen molar-refractivity contribution in [2.75, 3.05) is 6.61 Å². The van der Waals surface area contributed by atoms with Crippen LogP contribution >= 0.6 is 0 Å². The van der Waals surface area contributed by atoms with Crippen LogP contribution in [-0.2, 0) is 20.7 Å². The summed E-state index contributed by atoms with van der Waals surface area (Å²) in [5.41, 5.74) is 5.42. The number of hydrogen-bond acceptors (Lipinski definition) is 4. The van der Waals surface area contributed by atoms with E-state index in [-0.39, 0.29) is 11.9 Å². The summed E-state index contributed by atoms with van der Waals surface area (Å²) in [4.78, 5) is 22.3. The highest BCUT2D eigenvalue weighted by Crippen LogP contribution is 2.30. The number of carbonyl (C=O) groups excluding carboxylic acids is 2. The Bertz CT molecular complexity index is 526. The summed E-state index contributed by atoms with van der Waals surface area (Å²) in [5, 5.41) is 0. The lowest BCUT2D eigenvalue weighted by molar-refractivity contribution is -0.140. The third-order valence-corrected chi connectivity index (χ3v) is 3.70. The number of benzene rings is 1. The molecular formula is C16H21NO4. The van der Waals surface area contributed by atoms with Crippen molar-refractivity contribution in [2.45, 2.75) is 44.8 Å². The minimum Gasteiger partial charge on any atom is -0.491 e.